The third-order valence-corrected chi connectivity index (χ3v) is 6.48. The average molecular weight is 407 g/mol. The normalized spacial score (nSPS) is 16.6. The van der Waals surface area contributed by atoms with E-state index < -0.39 is 0 Å². The van der Waals surface area contributed by atoms with Gasteiger partial charge in [0.15, 0.2) is 0 Å². The summed E-state index contributed by atoms with van der Waals surface area (Å²) < 4.78 is 12.2. The molecule has 2 aromatic rings. The lowest BCUT2D eigenvalue weighted by Gasteiger charge is -2.11. The number of thiazole rings is 1. The molecule has 0 radical (unpaired) electrons. The average Bonchev–Trinajstić information content (AvgIpc) is 3.34. The van der Waals surface area contributed by atoms with Gasteiger partial charge in [0.05, 0.1) is 12.7 Å². The summed E-state index contributed by atoms with van der Waals surface area (Å²) in [7, 11) is 0. The van der Waals surface area contributed by atoms with Crippen molar-refractivity contribution in [2.24, 2.45) is 0 Å². The van der Waals surface area contributed by atoms with Crippen molar-refractivity contribution in [3.63, 3.8) is 0 Å². The minimum absolute atomic E-state index is 0.0272. The summed E-state index contributed by atoms with van der Waals surface area (Å²) in [5.74, 6) is 0.710. The first-order chi connectivity index (χ1) is 13.2. The number of thioether (sulfide) groups is 1. The van der Waals surface area contributed by atoms with Gasteiger partial charge >= 0.3 is 0 Å². The van der Waals surface area contributed by atoms with E-state index in [4.69, 9.17) is 9.47 Å². The van der Waals surface area contributed by atoms with E-state index in [1.165, 1.54) is 0 Å². The fraction of sp³-hybridized carbons (Fsp3) is 0.500. The van der Waals surface area contributed by atoms with Gasteiger partial charge in [-0.15, -0.1) is 11.3 Å². The van der Waals surface area contributed by atoms with Gasteiger partial charge in [-0.2, -0.15) is 0 Å². The smallest absolute Gasteiger partial charge is 0.251 e. The number of carbonyl (C=O) groups excluding carboxylic acids is 1. The number of hydrogen-bond donors (Lipinski definition) is 1. The summed E-state index contributed by atoms with van der Waals surface area (Å²) in [5.41, 5.74) is 2.80. The molecule has 1 aromatic carbocycles. The molecule has 1 saturated heterocycles. The molecular weight excluding hydrogens is 380 g/mol. The Labute approximate surface area is 168 Å². The quantitative estimate of drug-likeness (QED) is 0.476. The highest BCUT2D eigenvalue weighted by Crippen LogP contribution is 2.27. The summed E-state index contributed by atoms with van der Waals surface area (Å²) in [6.45, 7) is 4.75. The van der Waals surface area contributed by atoms with Crippen LogP contribution in [-0.4, -0.2) is 43.4 Å². The van der Waals surface area contributed by atoms with Crippen LogP contribution in [0.25, 0.3) is 0 Å². The van der Waals surface area contributed by atoms with Crippen molar-refractivity contribution in [2.75, 3.05) is 26.4 Å². The minimum atomic E-state index is -0.0272. The topological polar surface area (TPSA) is 60.5 Å². The Kier molecular flexibility index (Phi) is 8.13. The Bertz CT molecular complexity index is 730. The first-order valence-electron chi connectivity index (χ1n) is 9.33. The van der Waals surface area contributed by atoms with E-state index in [1.807, 2.05) is 36.6 Å². The molecule has 1 aliphatic heterocycles. The van der Waals surface area contributed by atoms with Crippen molar-refractivity contribution in [1.29, 1.82) is 0 Å². The molecule has 1 amide bonds. The molecule has 0 bridgehead atoms. The lowest BCUT2D eigenvalue weighted by atomic mass is 10.1. The van der Waals surface area contributed by atoms with Crippen LogP contribution in [0.2, 0.25) is 0 Å². The summed E-state index contributed by atoms with van der Waals surface area (Å²) in [6, 6.07) is 7.76. The fourth-order valence-corrected chi connectivity index (χ4v) is 4.72. The van der Waals surface area contributed by atoms with Crippen LogP contribution in [0.5, 0.6) is 0 Å². The third kappa shape index (κ3) is 6.60. The van der Waals surface area contributed by atoms with Crippen molar-refractivity contribution >= 4 is 29.0 Å². The molecule has 1 aliphatic rings. The number of ether oxygens (including phenoxy) is 2. The van der Waals surface area contributed by atoms with Gasteiger partial charge in [-0.25, -0.2) is 4.98 Å². The maximum absolute atomic E-state index is 12.5. The molecule has 0 spiro atoms. The van der Waals surface area contributed by atoms with Gasteiger partial charge in [0, 0.05) is 42.1 Å². The zero-order valence-corrected chi connectivity index (χ0v) is 17.2. The Morgan fingerprint density at radius 2 is 2.33 bits per heavy atom. The lowest BCUT2D eigenvalue weighted by Crippen LogP contribution is -2.26. The van der Waals surface area contributed by atoms with Crippen LogP contribution in [0.3, 0.4) is 0 Å². The molecule has 2 heterocycles. The van der Waals surface area contributed by atoms with Crippen molar-refractivity contribution < 1.29 is 14.3 Å². The molecule has 7 heteroatoms. The van der Waals surface area contributed by atoms with Gasteiger partial charge in [-0.1, -0.05) is 30.0 Å². The fourth-order valence-electron chi connectivity index (χ4n) is 2.87. The number of nitrogens with zero attached hydrogens (tertiary/aromatic N) is 1. The molecule has 1 fully saturated rings. The molecule has 1 atom stereocenters. The van der Waals surface area contributed by atoms with Crippen LogP contribution in [0.15, 0.2) is 34.0 Å². The molecule has 1 unspecified atom stereocenters. The predicted octanol–water partition coefficient (Wildman–Crippen LogP) is 4.06. The van der Waals surface area contributed by atoms with Gasteiger partial charge in [-0.3, -0.25) is 4.79 Å². The van der Waals surface area contributed by atoms with Crippen molar-refractivity contribution in [3.05, 3.63) is 46.5 Å². The van der Waals surface area contributed by atoms with Crippen LogP contribution in [0, 0.1) is 6.92 Å². The summed E-state index contributed by atoms with van der Waals surface area (Å²) in [6.07, 6.45) is 3.27. The van der Waals surface area contributed by atoms with E-state index in [0.717, 1.165) is 52.8 Å². The highest BCUT2D eigenvalue weighted by molar-refractivity contribution is 8.00. The van der Waals surface area contributed by atoms with Gasteiger partial charge < -0.3 is 14.8 Å². The Morgan fingerprint density at radius 1 is 1.44 bits per heavy atom. The highest BCUT2D eigenvalue weighted by atomic mass is 32.2. The Hall–Kier alpha value is -1.41. The van der Waals surface area contributed by atoms with Gasteiger partial charge in [0.25, 0.3) is 5.91 Å². The first kappa shape index (κ1) is 20.3. The van der Waals surface area contributed by atoms with Gasteiger partial charge in [0.2, 0.25) is 0 Å². The molecule has 1 aromatic heterocycles. The largest absolute Gasteiger partial charge is 0.379 e. The van der Waals surface area contributed by atoms with E-state index in [2.05, 4.69) is 10.3 Å². The third-order valence-electron chi connectivity index (χ3n) is 4.29. The SMILES string of the molecule is Cc1csc(SCc2ccccc2C(=O)NCCCOCC2CCCO2)n1. The van der Waals surface area contributed by atoms with Gasteiger partial charge in [0.1, 0.15) is 4.34 Å². The summed E-state index contributed by atoms with van der Waals surface area (Å²) >= 11 is 3.31. The van der Waals surface area contributed by atoms with E-state index in [0.29, 0.717) is 19.8 Å². The second kappa shape index (κ2) is 10.8. The zero-order chi connectivity index (χ0) is 18.9. The molecule has 146 valence electrons. The monoisotopic (exact) mass is 406 g/mol. The maximum atomic E-state index is 12.5. The van der Waals surface area contributed by atoms with Crippen LogP contribution in [0.1, 0.15) is 40.9 Å². The van der Waals surface area contributed by atoms with Crippen LogP contribution >= 0.6 is 23.1 Å². The molecule has 0 saturated carbocycles. The van der Waals surface area contributed by atoms with Crippen molar-refractivity contribution in [2.45, 2.75) is 42.4 Å². The molecular formula is C20H26N2O3S2. The number of nitrogens with one attached hydrogen (secondary N) is 1. The van der Waals surface area contributed by atoms with Crippen molar-refractivity contribution in [1.82, 2.24) is 10.3 Å². The standard InChI is InChI=1S/C20H26N2O3S2/c1-15-13-26-20(22-15)27-14-16-6-2-3-8-18(16)19(23)21-9-5-10-24-12-17-7-4-11-25-17/h2-3,6,8,13,17H,4-5,7,9-12,14H2,1H3,(H,21,23). The molecule has 0 aliphatic carbocycles. The zero-order valence-electron chi connectivity index (χ0n) is 15.6. The molecule has 27 heavy (non-hydrogen) atoms. The molecule has 3 rings (SSSR count). The van der Waals surface area contributed by atoms with Crippen molar-refractivity contribution in [3.8, 4) is 0 Å². The number of aromatic nitrogens is 1. The number of carbonyl (C=O) groups is 1. The molecule has 1 N–H and O–H groups in total. The predicted molar refractivity (Wildman–Crippen MR) is 110 cm³/mol. The van der Waals surface area contributed by atoms with Crippen LogP contribution < -0.4 is 5.32 Å². The maximum Gasteiger partial charge on any atom is 0.251 e. The number of hydrogen-bond acceptors (Lipinski definition) is 6. The number of aryl methyl sites for hydroxylation is 1. The Balaban J connectivity index is 1.39. The van der Waals surface area contributed by atoms with Gasteiger partial charge in [-0.05, 0) is 37.8 Å². The number of benzene rings is 1. The van der Waals surface area contributed by atoms with Crippen LogP contribution in [-0.2, 0) is 15.2 Å². The number of rotatable bonds is 10. The van der Waals surface area contributed by atoms with E-state index in [9.17, 15) is 4.79 Å². The number of amides is 1. The minimum Gasteiger partial charge on any atom is -0.379 e. The van der Waals surface area contributed by atoms with Crippen LogP contribution in [0.4, 0.5) is 0 Å². The summed E-state index contributed by atoms with van der Waals surface area (Å²) in [4.78, 5) is 17.0. The van der Waals surface area contributed by atoms with E-state index in [-0.39, 0.29) is 12.0 Å². The first-order valence-corrected chi connectivity index (χ1v) is 11.2. The lowest BCUT2D eigenvalue weighted by molar-refractivity contribution is 0.0166. The Morgan fingerprint density at radius 3 is 3.11 bits per heavy atom. The van der Waals surface area contributed by atoms with E-state index >= 15 is 0 Å². The van der Waals surface area contributed by atoms with E-state index in [1.54, 1.807) is 23.1 Å². The molecule has 5 nitrogen and oxygen atoms in total. The second-order valence-corrected chi connectivity index (χ2v) is 8.60. The summed E-state index contributed by atoms with van der Waals surface area (Å²) in [5, 5.41) is 5.04. The second-order valence-electron chi connectivity index (χ2n) is 6.52. The highest BCUT2D eigenvalue weighted by Gasteiger charge is 2.15.